The summed E-state index contributed by atoms with van der Waals surface area (Å²) in [6, 6.07) is 8.17. The maximum Gasteiger partial charge on any atom is 0.573 e. The van der Waals surface area contributed by atoms with Gasteiger partial charge in [-0.3, -0.25) is 4.68 Å². The predicted octanol–water partition coefficient (Wildman–Crippen LogP) is 5.09. The molecule has 0 aliphatic carbocycles. The van der Waals surface area contributed by atoms with Crippen molar-refractivity contribution in [3.8, 4) is 5.75 Å². The summed E-state index contributed by atoms with van der Waals surface area (Å²) in [5, 5.41) is 14.3. The van der Waals surface area contributed by atoms with Gasteiger partial charge in [0.25, 0.3) is 0 Å². The lowest BCUT2D eigenvalue weighted by Gasteiger charge is -2.10. The molecule has 0 unspecified atom stereocenters. The van der Waals surface area contributed by atoms with Crippen LogP contribution in [0.25, 0.3) is 10.9 Å². The van der Waals surface area contributed by atoms with Gasteiger partial charge in [0, 0.05) is 28.6 Å². The van der Waals surface area contributed by atoms with Crippen LogP contribution in [0.15, 0.2) is 36.4 Å². The van der Waals surface area contributed by atoms with E-state index in [2.05, 4.69) is 9.84 Å². The van der Waals surface area contributed by atoms with Crippen LogP contribution in [0.4, 0.5) is 17.6 Å². The number of aromatic nitrogens is 2. The van der Waals surface area contributed by atoms with Gasteiger partial charge in [-0.2, -0.15) is 5.10 Å². The van der Waals surface area contributed by atoms with E-state index in [1.807, 2.05) is 0 Å². The van der Waals surface area contributed by atoms with E-state index < -0.39 is 12.2 Å². The van der Waals surface area contributed by atoms with Crippen molar-refractivity contribution in [1.29, 1.82) is 0 Å². The summed E-state index contributed by atoms with van der Waals surface area (Å²) in [5.74, 6) is -0.902. The number of aliphatic hydroxyl groups excluding tert-OH is 1. The molecule has 28 heavy (non-hydrogen) atoms. The molecule has 0 bridgehead atoms. The predicted molar refractivity (Wildman–Crippen MR) is 97.0 cm³/mol. The fourth-order valence-corrected chi connectivity index (χ4v) is 3.10. The molecule has 4 nitrogen and oxygen atoms in total. The highest BCUT2D eigenvalue weighted by atomic mass is 35.5. The van der Waals surface area contributed by atoms with E-state index in [4.69, 9.17) is 16.7 Å². The van der Waals surface area contributed by atoms with E-state index in [0.29, 0.717) is 41.4 Å². The van der Waals surface area contributed by atoms with Gasteiger partial charge in [0.05, 0.1) is 17.8 Å². The molecule has 3 rings (SSSR count). The molecule has 1 N–H and O–H groups in total. The van der Waals surface area contributed by atoms with Crippen molar-refractivity contribution in [2.24, 2.45) is 0 Å². The number of fused-ring (bicyclic) bond motifs is 1. The summed E-state index contributed by atoms with van der Waals surface area (Å²) >= 11 is 5.77. The van der Waals surface area contributed by atoms with E-state index in [9.17, 15) is 17.6 Å². The quantitative estimate of drug-likeness (QED) is 0.431. The molecule has 0 fully saturated rings. The Labute approximate surface area is 163 Å². The molecule has 0 aliphatic heterocycles. The lowest BCUT2D eigenvalue weighted by Crippen LogP contribution is -2.17. The van der Waals surface area contributed by atoms with Crippen molar-refractivity contribution in [3.63, 3.8) is 0 Å². The number of hydrogen-bond donors (Lipinski definition) is 1. The number of halogens is 5. The van der Waals surface area contributed by atoms with Crippen molar-refractivity contribution >= 4 is 22.5 Å². The van der Waals surface area contributed by atoms with Crippen molar-refractivity contribution in [1.82, 2.24) is 9.78 Å². The number of hydrogen-bond acceptors (Lipinski definition) is 3. The molecule has 2 aromatic carbocycles. The van der Waals surface area contributed by atoms with Crippen molar-refractivity contribution in [3.05, 3.63) is 58.5 Å². The molecule has 0 amide bonds. The third-order valence-corrected chi connectivity index (χ3v) is 4.43. The van der Waals surface area contributed by atoms with Crippen LogP contribution in [0.2, 0.25) is 5.02 Å². The molecular formula is C19H17ClF4N2O2. The minimum atomic E-state index is -4.81. The van der Waals surface area contributed by atoms with Crippen LogP contribution in [0, 0.1) is 5.82 Å². The molecule has 9 heteroatoms. The van der Waals surface area contributed by atoms with Gasteiger partial charge < -0.3 is 9.84 Å². The van der Waals surface area contributed by atoms with Gasteiger partial charge in [0.1, 0.15) is 11.6 Å². The number of nitrogens with zero attached hydrogens (tertiary/aromatic N) is 2. The second kappa shape index (κ2) is 8.36. The highest BCUT2D eigenvalue weighted by molar-refractivity contribution is 6.30. The number of aryl methyl sites for hydroxylation is 1. The molecule has 0 spiro atoms. The standard InChI is InChI=1S/C19H17ClF4N2O2/c20-13-5-4-12(16(21)9-13)11-26-18-10-14(28-19(22,23)24)6-7-15(18)17(25-26)3-1-2-8-27/h4-7,9-10,27H,1-3,8,11H2. The summed E-state index contributed by atoms with van der Waals surface area (Å²) in [4.78, 5) is 0. The fourth-order valence-electron chi connectivity index (χ4n) is 2.94. The van der Waals surface area contributed by atoms with E-state index >= 15 is 0 Å². The van der Waals surface area contributed by atoms with Crippen LogP contribution in [0.5, 0.6) is 5.75 Å². The molecule has 0 aliphatic rings. The third kappa shape index (κ3) is 4.94. The van der Waals surface area contributed by atoms with Gasteiger partial charge in [-0.25, -0.2) is 4.39 Å². The number of unbranched alkanes of at least 4 members (excludes halogenated alkanes) is 1. The first-order valence-corrected chi connectivity index (χ1v) is 8.94. The summed E-state index contributed by atoms with van der Waals surface area (Å²) in [6.45, 7) is 0.0627. The Balaban J connectivity index is 2.01. The second-order valence-electron chi connectivity index (χ2n) is 6.25. The molecule has 1 heterocycles. The Hall–Kier alpha value is -2.32. The largest absolute Gasteiger partial charge is 0.573 e. The van der Waals surface area contributed by atoms with E-state index in [1.165, 1.54) is 41.1 Å². The minimum absolute atomic E-state index is 0.0228. The highest BCUT2D eigenvalue weighted by Crippen LogP contribution is 2.29. The first-order valence-electron chi connectivity index (χ1n) is 8.57. The van der Waals surface area contributed by atoms with Gasteiger partial charge in [-0.05, 0) is 43.5 Å². The Kier molecular flexibility index (Phi) is 6.10. The van der Waals surface area contributed by atoms with Gasteiger partial charge in [0.15, 0.2) is 0 Å². The van der Waals surface area contributed by atoms with Crippen LogP contribution in [0.1, 0.15) is 24.1 Å². The van der Waals surface area contributed by atoms with Crippen LogP contribution in [0.3, 0.4) is 0 Å². The number of alkyl halides is 3. The minimum Gasteiger partial charge on any atom is -0.406 e. The lowest BCUT2D eigenvalue weighted by atomic mass is 10.1. The first kappa shape index (κ1) is 20.4. The number of benzene rings is 2. The summed E-state index contributed by atoms with van der Waals surface area (Å²) in [5.41, 5.74) is 1.37. The molecule has 1 aromatic heterocycles. The zero-order valence-electron chi connectivity index (χ0n) is 14.6. The van der Waals surface area contributed by atoms with Gasteiger partial charge in [-0.1, -0.05) is 17.7 Å². The molecular weight excluding hydrogens is 400 g/mol. The molecule has 3 aromatic rings. The molecule has 0 saturated carbocycles. The van der Waals surface area contributed by atoms with Crippen LogP contribution in [-0.2, 0) is 13.0 Å². The van der Waals surface area contributed by atoms with Crippen LogP contribution in [-0.4, -0.2) is 27.9 Å². The van der Waals surface area contributed by atoms with Crippen LogP contribution >= 0.6 is 11.6 Å². The Bertz CT molecular complexity index is 972. The molecule has 150 valence electrons. The average Bonchev–Trinajstić information content (AvgIpc) is 2.93. The van der Waals surface area contributed by atoms with Gasteiger partial charge >= 0.3 is 6.36 Å². The van der Waals surface area contributed by atoms with Crippen molar-refractivity contribution in [2.45, 2.75) is 32.2 Å². The Morgan fingerprint density at radius 2 is 1.89 bits per heavy atom. The van der Waals surface area contributed by atoms with E-state index in [-0.39, 0.29) is 23.9 Å². The number of rotatable bonds is 7. The smallest absolute Gasteiger partial charge is 0.406 e. The zero-order chi connectivity index (χ0) is 20.3. The SMILES string of the molecule is OCCCCc1nn(Cc2ccc(Cl)cc2F)c2cc(OC(F)(F)F)ccc12. The Morgan fingerprint density at radius 3 is 2.57 bits per heavy atom. The maximum absolute atomic E-state index is 14.2. The monoisotopic (exact) mass is 416 g/mol. The molecule has 0 radical (unpaired) electrons. The molecule has 0 saturated heterocycles. The summed E-state index contributed by atoms with van der Waals surface area (Å²) in [6.07, 6.45) is -3.04. The highest BCUT2D eigenvalue weighted by Gasteiger charge is 2.31. The van der Waals surface area contributed by atoms with Crippen LogP contribution < -0.4 is 4.74 Å². The topological polar surface area (TPSA) is 47.3 Å². The normalized spacial score (nSPS) is 11.9. The zero-order valence-corrected chi connectivity index (χ0v) is 15.4. The number of ether oxygens (including phenoxy) is 1. The lowest BCUT2D eigenvalue weighted by molar-refractivity contribution is -0.274. The maximum atomic E-state index is 14.2. The van der Waals surface area contributed by atoms with E-state index in [1.54, 1.807) is 0 Å². The van der Waals surface area contributed by atoms with Crippen molar-refractivity contribution in [2.75, 3.05) is 6.61 Å². The summed E-state index contributed by atoms with van der Waals surface area (Å²) < 4.78 is 57.3. The van der Waals surface area contributed by atoms with Gasteiger partial charge in [-0.15, -0.1) is 13.2 Å². The fraction of sp³-hybridized carbons (Fsp3) is 0.316. The molecule has 0 atom stereocenters. The number of aliphatic hydroxyl groups is 1. The first-order chi connectivity index (χ1) is 13.3. The third-order valence-electron chi connectivity index (χ3n) is 4.19. The second-order valence-corrected chi connectivity index (χ2v) is 6.68. The van der Waals surface area contributed by atoms with Crippen molar-refractivity contribution < 1.29 is 27.4 Å². The summed E-state index contributed by atoms with van der Waals surface area (Å²) in [7, 11) is 0. The van der Waals surface area contributed by atoms with E-state index in [0.717, 1.165) is 0 Å². The average molecular weight is 417 g/mol. The van der Waals surface area contributed by atoms with Gasteiger partial charge in [0.2, 0.25) is 0 Å². The Morgan fingerprint density at radius 1 is 1.11 bits per heavy atom.